The molecule has 0 amide bonds. The summed E-state index contributed by atoms with van der Waals surface area (Å²) < 4.78 is 31.0. The van der Waals surface area contributed by atoms with Gasteiger partial charge < -0.3 is 19.3 Å². The molecule has 1 saturated heterocycles. The molecule has 0 radical (unpaired) electrons. The van der Waals surface area contributed by atoms with Gasteiger partial charge in [-0.1, -0.05) is 36.4 Å². The number of allylic oxidation sites excluding steroid dienone is 1. The van der Waals surface area contributed by atoms with Gasteiger partial charge in [0, 0.05) is 11.3 Å². The molecule has 4 rings (SSSR count). The molecular weight excluding hydrogens is 437 g/mol. The molecule has 2 aromatic rings. The van der Waals surface area contributed by atoms with Gasteiger partial charge in [0.2, 0.25) is 0 Å². The van der Waals surface area contributed by atoms with Gasteiger partial charge in [0.1, 0.15) is 12.4 Å². The van der Waals surface area contributed by atoms with Crippen LogP contribution < -0.4 is 0 Å². The number of carboxylic acid groups (broad SMARTS) is 1. The molecule has 1 aliphatic carbocycles. The van der Waals surface area contributed by atoms with Crippen molar-refractivity contribution in [2.75, 3.05) is 26.4 Å². The third-order valence-corrected chi connectivity index (χ3v) is 6.90. The maximum absolute atomic E-state index is 13.6. The predicted molar refractivity (Wildman–Crippen MR) is 122 cm³/mol. The highest BCUT2D eigenvalue weighted by Crippen LogP contribution is 2.56. The van der Waals surface area contributed by atoms with E-state index < -0.39 is 5.97 Å². The quantitative estimate of drug-likeness (QED) is 0.395. The van der Waals surface area contributed by atoms with Crippen molar-refractivity contribution in [3.8, 4) is 6.07 Å². The Morgan fingerprint density at radius 3 is 2.65 bits per heavy atom. The number of fused-ring (bicyclic) bond motifs is 2. The molecule has 2 aliphatic rings. The average molecular weight is 466 g/mol. The van der Waals surface area contributed by atoms with Gasteiger partial charge in [-0.15, -0.1) is 0 Å². The molecule has 2 aromatic carbocycles. The van der Waals surface area contributed by atoms with Crippen LogP contribution in [0.4, 0.5) is 4.39 Å². The lowest BCUT2D eigenvalue weighted by Gasteiger charge is -2.39. The Balaban J connectivity index is 1.45. The van der Waals surface area contributed by atoms with Crippen LogP contribution in [-0.4, -0.2) is 43.6 Å². The van der Waals surface area contributed by atoms with E-state index in [4.69, 9.17) is 24.6 Å². The van der Waals surface area contributed by atoms with Gasteiger partial charge in [0.15, 0.2) is 0 Å². The van der Waals surface area contributed by atoms with Gasteiger partial charge in [-0.3, -0.25) is 0 Å². The summed E-state index contributed by atoms with van der Waals surface area (Å²) in [5, 5.41) is 17.7. The number of hydrogen-bond donors (Lipinski definition) is 1. The summed E-state index contributed by atoms with van der Waals surface area (Å²) in [5.74, 6) is -0.855. The molecule has 4 atom stereocenters. The zero-order valence-corrected chi connectivity index (χ0v) is 18.9. The number of halogens is 1. The minimum Gasteiger partial charge on any atom is -0.480 e. The number of nitriles is 1. The van der Waals surface area contributed by atoms with Gasteiger partial charge >= 0.3 is 5.97 Å². The Bertz CT molecular complexity index is 1050. The summed E-state index contributed by atoms with van der Waals surface area (Å²) >= 11 is 0. The molecule has 178 valence electrons. The van der Waals surface area contributed by atoms with Crippen LogP contribution in [0.2, 0.25) is 0 Å². The first kappa shape index (κ1) is 24.1. The Labute approximate surface area is 198 Å². The first-order valence-electron chi connectivity index (χ1n) is 11.4. The smallest absolute Gasteiger partial charge is 0.329 e. The highest BCUT2D eigenvalue weighted by atomic mass is 19.1. The molecule has 1 saturated carbocycles. The van der Waals surface area contributed by atoms with Crippen molar-refractivity contribution >= 4 is 5.97 Å². The minimum absolute atomic E-state index is 0.0627. The fraction of sp³-hybridized carbons (Fsp3) is 0.407. The van der Waals surface area contributed by atoms with Crippen LogP contribution in [0.15, 0.2) is 60.7 Å². The molecule has 1 aliphatic heterocycles. The molecule has 2 bridgehead atoms. The van der Waals surface area contributed by atoms with E-state index in [2.05, 4.69) is 6.07 Å². The second kappa shape index (κ2) is 10.9. The minimum atomic E-state index is -0.992. The van der Waals surface area contributed by atoms with Crippen molar-refractivity contribution in [3.63, 3.8) is 0 Å². The van der Waals surface area contributed by atoms with Crippen LogP contribution in [-0.2, 0) is 31.0 Å². The fourth-order valence-corrected chi connectivity index (χ4v) is 5.27. The molecule has 2 fully saturated rings. The maximum Gasteiger partial charge on any atom is 0.329 e. The molecular formula is C27H28FNO5. The summed E-state index contributed by atoms with van der Waals surface area (Å²) in [7, 11) is 0. The van der Waals surface area contributed by atoms with E-state index in [0.717, 1.165) is 24.0 Å². The molecule has 6 nitrogen and oxygen atoms in total. The first-order chi connectivity index (χ1) is 16.5. The molecule has 0 aromatic heterocycles. The van der Waals surface area contributed by atoms with Crippen molar-refractivity contribution < 1.29 is 28.5 Å². The third-order valence-electron chi connectivity index (χ3n) is 6.90. The summed E-state index contributed by atoms with van der Waals surface area (Å²) in [6.07, 6.45) is 5.57. The monoisotopic (exact) mass is 465 g/mol. The molecule has 4 unspecified atom stereocenters. The standard InChI is InChI=1S/C27H28FNO5/c28-22-10-8-21(9-11-22)27-13-25(34-18-27)23(24(27)3-1-2-12-32-17-26(30)31)16-33-15-20-6-4-19(14-29)5-7-20/h1-2,4-11,23-25H,3,12-13,15-18H2,(H,30,31)/b2-1-. The van der Waals surface area contributed by atoms with E-state index in [1.54, 1.807) is 12.1 Å². The van der Waals surface area contributed by atoms with Gasteiger partial charge in [-0.2, -0.15) is 5.26 Å². The highest BCUT2D eigenvalue weighted by Gasteiger charge is 2.59. The Morgan fingerprint density at radius 1 is 1.18 bits per heavy atom. The maximum atomic E-state index is 13.6. The van der Waals surface area contributed by atoms with Crippen LogP contribution in [0.3, 0.4) is 0 Å². The summed E-state index contributed by atoms with van der Waals surface area (Å²) in [6, 6.07) is 16.2. The SMILES string of the molecule is N#Cc1ccc(COCC2C3CC(c4ccc(F)cc4)(CO3)C2C/C=C\COCC(=O)O)cc1. The lowest BCUT2D eigenvalue weighted by Crippen LogP contribution is -2.41. The second-order valence-electron chi connectivity index (χ2n) is 8.93. The van der Waals surface area contributed by atoms with E-state index in [9.17, 15) is 9.18 Å². The van der Waals surface area contributed by atoms with Crippen LogP contribution in [0, 0.1) is 29.0 Å². The van der Waals surface area contributed by atoms with Gasteiger partial charge in [-0.25, -0.2) is 9.18 Å². The number of carbonyl (C=O) groups is 1. The lowest BCUT2D eigenvalue weighted by molar-refractivity contribution is -0.141. The number of carboxylic acids is 1. The largest absolute Gasteiger partial charge is 0.480 e. The second-order valence-corrected chi connectivity index (χ2v) is 8.93. The van der Waals surface area contributed by atoms with Crippen molar-refractivity contribution in [2.45, 2.75) is 31.0 Å². The Kier molecular flexibility index (Phi) is 7.73. The third kappa shape index (κ3) is 5.36. The van der Waals surface area contributed by atoms with Crippen LogP contribution in [0.5, 0.6) is 0 Å². The normalized spacial score (nSPS) is 25.6. The van der Waals surface area contributed by atoms with Crippen LogP contribution in [0.25, 0.3) is 0 Å². The van der Waals surface area contributed by atoms with Crippen LogP contribution >= 0.6 is 0 Å². The van der Waals surface area contributed by atoms with Gasteiger partial charge in [0.25, 0.3) is 0 Å². The number of nitrogens with zero attached hydrogens (tertiary/aromatic N) is 1. The molecule has 34 heavy (non-hydrogen) atoms. The fourth-order valence-electron chi connectivity index (χ4n) is 5.27. The summed E-state index contributed by atoms with van der Waals surface area (Å²) in [5.41, 5.74) is 2.48. The number of ether oxygens (including phenoxy) is 3. The highest BCUT2D eigenvalue weighted by molar-refractivity contribution is 5.68. The van der Waals surface area contributed by atoms with Crippen LogP contribution in [0.1, 0.15) is 29.5 Å². The topological polar surface area (TPSA) is 88.8 Å². The summed E-state index contributed by atoms with van der Waals surface area (Å²) in [4.78, 5) is 10.6. The van der Waals surface area contributed by atoms with E-state index in [1.165, 1.54) is 12.1 Å². The van der Waals surface area contributed by atoms with Crippen molar-refractivity contribution in [1.82, 2.24) is 0 Å². The molecule has 1 heterocycles. The van der Waals surface area contributed by atoms with E-state index in [0.29, 0.717) is 25.4 Å². The first-order valence-corrected chi connectivity index (χ1v) is 11.4. The van der Waals surface area contributed by atoms with Crippen molar-refractivity contribution in [2.24, 2.45) is 11.8 Å². The number of hydrogen-bond acceptors (Lipinski definition) is 5. The summed E-state index contributed by atoms with van der Waals surface area (Å²) in [6.45, 7) is 1.48. The predicted octanol–water partition coefficient (Wildman–Crippen LogP) is 4.23. The van der Waals surface area contributed by atoms with E-state index >= 15 is 0 Å². The van der Waals surface area contributed by atoms with Crippen molar-refractivity contribution in [3.05, 3.63) is 83.2 Å². The Morgan fingerprint density at radius 2 is 1.94 bits per heavy atom. The number of benzene rings is 2. The van der Waals surface area contributed by atoms with Gasteiger partial charge in [0.05, 0.1) is 44.2 Å². The van der Waals surface area contributed by atoms with Crippen molar-refractivity contribution in [1.29, 1.82) is 5.26 Å². The zero-order valence-electron chi connectivity index (χ0n) is 18.9. The van der Waals surface area contributed by atoms with E-state index in [1.807, 2.05) is 36.4 Å². The lowest BCUT2D eigenvalue weighted by atomic mass is 9.69. The molecule has 1 N–H and O–H groups in total. The van der Waals surface area contributed by atoms with Gasteiger partial charge in [-0.05, 0) is 54.2 Å². The molecule has 0 spiro atoms. The average Bonchev–Trinajstić information content (AvgIpc) is 3.40. The Hall–Kier alpha value is -3.05. The number of rotatable bonds is 11. The van der Waals surface area contributed by atoms with E-state index in [-0.39, 0.29) is 42.4 Å². The molecule has 7 heteroatoms. The number of aliphatic carboxylic acids is 1. The zero-order chi connectivity index (χ0) is 24.0.